The summed E-state index contributed by atoms with van der Waals surface area (Å²) < 4.78 is 0. The molecule has 0 spiro atoms. The lowest BCUT2D eigenvalue weighted by Crippen LogP contribution is -2.33. The standard InChI is InChI=1S/C12H14N2O4/c1-9(8-15)13-12(16)7-4-10-2-5-11(6-3-10)14(17)18/h2-7,9,15H,8H2,1H3,(H,13,16)/b7-4+. The average Bonchev–Trinajstić information content (AvgIpc) is 2.36. The second kappa shape index (κ2) is 6.51. The molecule has 1 aromatic carbocycles. The molecule has 0 radical (unpaired) electrons. The number of amides is 1. The first-order chi connectivity index (χ1) is 8.52. The Kier molecular flexibility index (Phi) is 5.01. The van der Waals surface area contributed by atoms with Crippen LogP contribution in [0.5, 0.6) is 0 Å². The second-order valence-corrected chi connectivity index (χ2v) is 3.77. The van der Waals surface area contributed by atoms with E-state index in [1.54, 1.807) is 25.1 Å². The van der Waals surface area contributed by atoms with Crippen molar-refractivity contribution < 1.29 is 14.8 Å². The Morgan fingerprint density at radius 2 is 2.11 bits per heavy atom. The Balaban J connectivity index is 2.61. The van der Waals surface area contributed by atoms with Gasteiger partial charge in [0.05, 0.1) is 11.5 Å². The summed E-state index contributed by atoms with van der Waals surface area (Å²) in [6, 6.07) is 5.54. The first kappa shape index (κ1) is 13.9. The zero-order valence-electron chi connectivity index (χ0n) is 9.87. The summed E-state index contributed by atoms with van der Waals surface area (Å²) in [4.78, 5) is 21.3. The Morgan fingerprint density at radius 3 is 2.61 bits per heavy atom. The van der Waals surface area contributed by atoms with E-state index in [2.05, 4.69) is 5.32 Å². The van der Waals surface area contributed by atoms with Crippen LogP contribution >= 0.6 is 0 Å². The van der Waals surface area contributed by atoms with Gasteiger partial charge in [-0.3, -0.25) is 14.9 Å². The molecule has 0 saturated heterocycles. The number of non-ortho nitro benzene ring substituents is 1. The molecule has 0 aromatic heterocycles. The Morgan fingerprint density at radius 1 is 1.50 bits per heavy atom. The Hall–Kier alpha value is -2.21. The van der Waals surface area contributed by atoms with E-state index in [1.165, 1.54) is 18.2 Å². The van der Waals surface area contributed by atoms with Crippen molar-refractivity contribution in [1.82, 2.24) is 5.32 Å². The fourth-order valence-electron chi connectivity index (χ4n) is 1.22. The summed E-state index contributed by atoms with van der Waals surface area (Å²) in [6.45, 7) is 1.55. The van der Waals surface area contributed by atoms with Gasteiger partial charge in [-0.15, -0.1) is 0 Å². The Labute approximate surface area is 104 Å². The minimum absolute atomic E-state index is 0.00510. The van der Waals surface area contributed by atoms with E-state index in [0.29, 0.717) is 5.56 Å². The third-order valence-corrected chi connectivity index (χ3v) is 2.19. The van der Waals surface area contributed by atoms with E-state index in [0.717, 1.165) is 0 Å². The molecule has 0 fully saturated rings. The lowest BCUT2D eigenvalue weighted by molar-refractivity contribution is -0.384. The summed E-state index contributed by atoms with van der Waals surface area (Å²) in [6.07, 6.45) is 2.86. The number of carbonyl (C=O) groups is 1. The quantitative estimate of drug-likeness (QED) is 0.465. The summed E-state index contributed by atoms with van der Waals surface area (Å²) in [5, 5.41) is 21.7. The van der Waals surface area contributed by atoms with Gasteiger partial charge >= 0.3 is 0 Å². The predicted octanol–water partition coefficient (Wildman–Crippen LogP) is 1.11. The number of aliphatic hydroxyl groups excluding tert-OH is 1. The molecule has 0 aliphatic heterocycles. The number of nitro benzene ring substituents is 1. The van der Waals surface area contributed by atoms with Crippen molar-refractivity contribution in [3.05, 3.63) is 46.0 Å². The van der Waals surface area contributed by atoms with Gasteiger partial charge in [0.1, 0.15) is 0 Å². The molecule has 0 aliphatic carbocycles. The largest absolute Gasteiger partial charge is 0.394 e. The van der Waals surface area contributed by atoms with Crippen molar-refractivity contribution in [3.63, 3.8) is 0 Å². The fourth-order valence-corrected chi connectivity index (χ4v) is 1.22. The summed E-state index contributed by atoms with van der Waals surface area (Å²) in [5.41, 5.74) is 0.693. The lowest BCUT2D eigenvalue weighted by Gasteiger charge is -2.07. The number of aliphatic hydroxyl groups is 1. The number of nitrogens with zero attached hydrogens (tertiary/aromatic N) is 1. The average molecular weight is 250 g/mol. The molecule has 2 N–H and O–H groups in total. The molecule has 1 unspecified atom stereocenters. The molecular weight excluding hydrogens is 236 g/mol. The van der Waals surface area contributed by atoms with Crippen LogP contribution in [0.25, 0.3) is 6.08 Å². The van der Waals surface area contributed by atoms with E-state index in [-0.39, 0.29) is 24.2 Å². The third-order valence-electron chi connectivity index (χ3n) is 2.19. The van der Waals surface area contributed by atoms with E-state index in [1.807, 2.05) is 0 Å². The van der Waals surface area contributed by atoms with Crippen LogP contribution in [-0.2, 0) is 4.79 Å². The van der Waals surface area contributed by atoms with Crippen LogP contribution in [0.3, 0.4) is 0 Å². The Bertz CT molecular complexity index is 454. The first-order valence-electron chi connectivity index (χ1n) is 5.37. The van der Waals surface area contributed by atoms with Gasteiger partial charge in [-0.25, -0.2) is 0 Å². The predicted molar refractivity (Wildman–Crippen MR) is 66.8 cm³/mol. The SMILES string of the molecule is CC(CO)NC(=O)/C=C/c1ccc([N+](=O)[O-])cc1. The van der Waals surface area contributed by atoms with Crippen LogP contribution in [0.15, 0.2) is 30.3 Å². The maximum absolute atomic E-state index is 11.3. The van der Waals surface area contributed by atoms with Crippen molar-refractivity contribution in [2.45, 2.75) is 13.0 Å². The molecule has 6 nitrogen and oxygen atoms in total. The van der Waals surface area contributed by atoms with Gasteiger partial charge in [0.2, 0.25) is 5.91 Å². The van der Waals surface area contributed by atoms with Gasteiger partial charge in [-0.1, -0.05) is 0 Å². The maximum atomic E-state index is 11.3. The maximum Gasteiger partial charge on any atom is 0.269 e. The van der Waals surface area contributed by atoms with Crippen molar-refractivity contribution in [1.29, 1.82) is 0 Å². The van der Waals surface area contributed by atoms with E-state index in [9.17, 15) is 14.9 Å². The zero-order chi connectivity index (χ0) is 13.5. The molecule has 6 heteroatoms. The van der Waals surface area contributed by atoms with Crippen molar-refractivity contribution in [3.8, 4) is 0 Å². The summed E-state index contributed by atoms with van der Waals surface area (Å²) >= 11 is 0. The van der Waals surface area contributed by atoms with Gasteiger partial charge in [-0.05, 0) is 30.7 Å². The number of hydrogen-bond acceptors (Lipinski definition) is 4. The van der Waals surface area contributed by atoms with Gasteiger partial charge in [0.15, 0.2) is 0 Å². The van der Waals surface area contributed by atoms with E-state index in [4.69, 9.17) is 5.11 Å². The molecule has 1 rings (SSSR count). The normalized spacial score (nSPS) is 12.3. The molecule has 0 heterocycles. The van der Waals surface area contributed by atoms with Crippen LogP contribution in [-0.4, -0.2) is 28.6 Å². The summed E-state index contributed by atoms with van der Waals surface area (Å²) in [5.74, 6) is -0.324. The zero-order valence-corrected chi connectivity index (χ0v) is 9.87. The van der Waals surface area contributed by atoms with Gasteiger partial charge in [-0.2, -0.15) is 0 Å². The molecule has 96 valence electrons. The topological polar surface area (TPSA) is 92.5 Å². The highest BCUT2D eigenvalue weighted by Crippen LogP contribution is 2.12. The third kappa shape index (κ3) is 4.34. The van der Waals surface area contributed by atoms with Crippen LogP contribution in [0, 0.1) is 10.1 Å². The number of nitrogens with one attached hydrogen (secondary N) is 1. The van der Waals surface area contributed by atoms with Crippen molar-refractivity contribution in [2.24, 2.45) is 0 Å². The highest BCUT2D eigenvalue weighted by molar-refractivity contribution is 5.91. The van der Waals surface area contributed by atoms with E-state index >= 15 is 0 Å². The number of nitro groups is 1. The van der Waals surface area contributed by atoms with Crippen molar-refractivity contribution in [2.75, 3.05) is 6.61 Å². The molecule has 0 aliphatic rings. The number of rotatable bonds is 5. The molecule has 1 atom stereocenters. The lowest BCUT2D eigenvalue weighted by atomic mass is 10.2. The minimum atomic E-state index is -0.483. The van der Waals surface area contributed by atoms with Crippen LogP contribution in [0.2, 0.25) is 0 Å². The molecule has 1 aromatic rings. The van der Waals surface area contributed by atoms with Crippen LogP contribution in [0.4, 0.5) is 5.69 Å². The molecule has 18 heavy (non-hydrogen) atoms. The van der Waals surface area contributed by atoms with Gasteiger partial charge in [0, 0.05) is 24.3 Å². The molecule has 0 saturated carbocycles. The fraction of sp³-hybridized carbons (Fsp3) is 0.250. The number of hydrogen-bond donors (Lipinski definition) is 2. The molecular formula is C12H14N2O4. The van der Waals surface area contributed by atoms with Gasteiger partial charge < -0.3 is 10.4 Å². The highest BCUT2D eigenvalue weighted by Gasteiger charge is 2.04. The number of carbonyl (C=O) groups excluding carboxylic acids is 1. The van der Waals surface area contributed by atoms with Crippen LogP contribution in [0.1, 0.15) is 12.5 Å². The van der Waals surface area contributed by atoms with E-state index < -0.39 is 4.92 Å². The number of benzene rings is 1. The van der Waals surface area contributed by atoms with Crippen molar-refractivity contribution >= 4 is 17.7 Å². The smallest absolute Gasteiger partial charge is 0.269 e. The van der Waals surface area contributed by atoms with Crippen LogP contribution < -0.4 is 5.32 Å². The molecule has 1 amide bonds. The highest BCUT2D eigenvalue weighted by atomic mass is 16.6. The minimum Gasteiger partial charge on any atom is -0.394 e. The second-order valence-electron chi connectivity index (χ2n) is 3.77. The monoisotopic (exact) mass is 250 g/mol. The summed E-state index contributed by atoms with van der Waals surface area (Å²) in [7, 11) is 0. The van der Waals surface area contributed by atoms with Gasteiger partial charge in [0.25, 0.3) is 5.69 Å². The molecule has 0 bridgehead atoms. The first-order valence-corrected chi connectivity index (χ1v) is 5.37.